The molecule has 2 rings (SSSR count). The van der Waals surface area contributed by atoms with Crippen LogP contribution in [0.4, 0.5) is 0 Å². The number of benzene rings is 1. The summed E-state index contributed by atoms with van der Waals surface area (Å²) in [7, 11) is 0. The lowest BCUT2D eigenvalue weighted by Gasteiger charge is -2.13. The summed E-state index contributed by atoms with van der Waals surface area (Å²) in [4.78, 5) is 4.50. The predicted octanol–water partition coefficient (Wildman–Crippen LogP) is 3.25. The zero-order chi connectivity index (χ0) is 10.3. The van der Waals surface area contributed by atoms with Crippen LogP contribution in [0.1, 0.15) is 18.9 Å². The monoisotopic (exact) mass is 270 g/mol. The Morgan fingerprint density at radius 1 is 1.43 bits per heavy atom. The van der Waals surface area contributed by atoms with Crippen LogP contribution in [0.2, 0.25) is 0 Å². The van der Waals surface area contributed by atoms with Crippen molar-refractivity contribution in [3.63, 3.8) is 0 Å². The van der Waals surface area contributed by atoms with Gasteiger partial charge in [-0.3, -0.25) is 0 Å². The molecule has 0 aliphatic heterocycles. The minimum absolute atomic E-state index is 0.351. The Balaban J connectivity index is 2.63. The van der Waals surface area contributed by atoms with E-state index in [-0.39, 0.29) is 5.54 Å². The van der Waals surface area contributed by atoms with Gasteiger partial charge in [0.1, 0.15) is 5.01 Å². The van der Waals surface area contributed by atoms with Crippen LogP contribution in [0.25, 0.3) is 10.2 Å². The van der Waals surface area contributed by atoms with E-state index in [4.69, 9.17) is 5.73 Å². The summed E-state index contributed by atoms with van der Waals surface area (Å²) >= 11 is 5.09. The first-order valence-corrected chi connectivity index (χ1v) is 5.93. The van der Waals surface area contributed by atoms with Crippen molar-refractivity contribution in [3.8, 4) is 0 Å². The average molecular weight is 271 g/mol. The third-order valence-electron chi connectivity index (χ3n) is 1.90. The van der Waals surface area contributed by atoms with Crippen molar-refractivity contribution >= 4 is 37.5 Å². The topological polar surface area (TPSA) is 38.9 Å². The molecule has 0 bridgehead atoms. The van der Waals surface area contributed by atoms with Crippen LogP contribution < -0.4 is 5.73 Å². The summed E-state index contributed by atoms with van der Waals surface area (Å²) in [5.41, 5.74) is 6.66. The molecular formula is C10H11BrN2S. The Hall–Kier alpha value is -0.450. The molecule has 1 heterocycles. The van der Waals surface area contributed by atoms with Crippen LogP contribution in [-0.2, 0) is 5.54 Å². The molecule has 0 fully saturated rings. The normalized spacial score (nSPS) is 12.3. The minimum Gasteiger partial charge on any atom is -0.320 e. The number of thiazole rings is 1. The quantitative estimate of drug-likeness (QED) is 0.864. The fourth-order valence-electron chi connectivity index (χ4n) is 1.17. The van der Waals surface area contributed by atoms with Gasteiger partial charge in [-0.1, -0.05) is 15.9 Å². The first-order chi connectivity index (χ1) is 6.47. The molecule has 0 unspecified atom stereocenters. The number of rotatable bonds is 1. The molecule has 14 heavy (non-hydrogen) atoms. The van der Waals surface area contributed by atoms with Gasteiger partial charge < -0.3 is 5.73 Å². The number of hydrogen-bond acceptors (Lipinski definition) is 3. The Bertz CT molecular complexity index is 470. The number of hydrogen-bond donors (Lipinski definition) is 1. The Morgan fingerprint density at radius 3 is 2.79 bits per heavy atom. The van der Waals surface area contributed by atoms with Crippen LogP contribution in [0.3, 0.4) is 0 Å². The highest BCUT2D eigenvalue weighted by Gasteiger charge is 2.18. The first kappa shape index (κ1) is 10.1. The van der Waals surface area contributed by atoms with Gasteiger partial charge in [-0.05, 0) is 32.0 Å². The van der Waals surface area contributed by atoms with Gasteiger partial charge in [0.2, 0.25) is 0 Å². The van der Waals surface area contributed by atoms with E-state index in [9.17, 15) is 0 Å². The molecule has 0 amide bonds. The Kier molecular flexibility index (Phi) is 2.37. The van der Waals surface area contributed by atoms with Crippen LogP contribution in [0, 0.1) is 0 Å². The van der Waals surface area contributed by atoms with Crippen LogP contribution in [0.5, 0.6) is 0 Å². The zero-order valence-corrected chi connectivity index (χ0v) is 10.4. The molecule has 74 valence electrons. The lowest BCUT2D eigenvalue weighted by molar-refractivity contribution is 0.551. The minimum atomic E-state index is -0.351. The molecular weight excluding hydrogens is 260 g/mol. The van der Waals surface area contributed by atoms with Crippen molar-refractivity contribution in [3.05, 3.63) is 27.7 Å². The molecule has 2 nitrogen and oxygen atoms in total. The maximum Gasteiger partial charge on any atom is 0.113 e. The maximum absolute atomic E-state index is 5.99. The van der Waals surface area contributed by atoms with Gasteiger partial charge in [0, 0.05) is 4.47 Å². The van der Waals surface area contributed by atoms with Gasteiger partial charge in [0.15, 0.2) is 0 Å². The summed E-state index contributed by atoms with van der Waals surface area (Å²) in [5.74, 6) is 0. The van der Waals surface area contributed by atoms with Crippen LogP contribution in [-0.4, -0.2) is 4.98 Å². The molecule has 0 spiro atoms. The molecule has 0 saturated heterocycles. The predicted molar refractivity (Wildman–Crippen MR) is 64.5 cm³/mol. The molecule has 2 aromatic rings. The number of fused-ring (bicyclic) bond motifs is 1. The van der Waals surface area contributed by atoms with E-state index in [0.717, 1.165) is 15.0 Å². The molecule has 4 heteroatoms. The van der Waals surface area contributed by atoms with E-state index in [1.165, 1.54) is 4.70 Å². The van der Waals surface area contributed by atoms with Crippen molar-refractivity contribution < 1.29 is 0 Å². The van der Waals surface area contributed by atoms with E-state index in [0.29, 0.717) is 0 Å². The number of nitrogens with two attached hydrogens (primary N) is 1. The lowest BCUT2D eigenvalue weighted by Crippen LogP contribution is -2.28. The van der Waals surface area contributed by atoms with Crippen molar-refractivity contribution in [2.45, 2.75) is 19.4 Å². The van der Waals surface area contributed by atoms with Gasteiger partial charge in [0.05, 0.1) is 15.8 Å². The Morgan fingerprint density at radius 2 is 2.14 bits per heavy atom. The first-order valence-electron chi connectivity index (χ1n) is 4.32. The summed E-state index contributed by atoms with van der Waals surface area (Å²) < 4.78 is 2.25. The fourth-order valence-corrected chi connectivity index (χ4v) is 2.71. The highest BCUT2D eigenvalue weighted by molar-refractivity contribution is 9.10. The zero-order valence-electron chi connectivity index (χ0n) is 8.04. The second-order valence-electron chi connectivity index (χ2n) is 3.85. The van der Waals surface area contributed by atoms with Gasteiger partial charge in [-0.25, -0.2) is 4.98 Å². The largest absolute Gasteiger partial charge is 0.320 e. The molecule has 1 aromatic heterocycles. The maximum atomic E-state index is 5.99. The van der Waals surface area contributed by atoms with E-state index in [2.05, 4.69) is 27.0 Å². The van der Waals surface area contributed by atoms with Gasteiger partial charge in [-0.15, -0.1) is 11.3 Å². The standard InChI is InChI=1S/C10H11BrN2S/c1-10(2,12)9-13-7-4-3-6(11)5-8(7)14-9/h3-5H,12H2,1-2H3. The summed E-state index contributed by atoms with van der Waals surface area (Å²) in [6, 6.07) is 6.07. The molecule has 0 aliphatic rings. The Labute approximate surface area is 95.3 Å². The second kappa shape index (κ2) is 3.29. The molecule has 0 atom stereocenters. The SMILES string of the molecule is CC(C)(N)c1nc2ccc(Br)cc2s1. The number of halogens is 1. The average Bonchev–Trinajstić information content (AvgIpc) is 2.45. The van der Waals surface area contributed by atoms with Crippen molar-refractivity contribution in [1.29, 1.82) is 0 Å². The molecule has 0 saturated carbocycles. The van der Waals surface area contributed by atoms with E-state index >= 15 is 0 Å². The molecule has 0 aliphatic carbocycles. The number of aromatic nitrogens is 1. The molecule has 0 radical (unpaired) electrons. The van der Waals surface area contributed by atoms with Gasteiger partial charge in [0.25, 0.3) is 0 Å². The fraction of sp³-hybridized carbons (Fsp3) is 0.300. The highest BCUT2D eigenvalue weighted by atomic mass is 79.9. The number of nitrogens with zero attached hydrogens (tertiary/aromatic N) is 1. The second-order valence-corrected chi connectivity index (χ2v) is 5.80. The summed E-state index contributed by atoms with van der Waals surface area (Å²) in [6.07, 6.45) is 0. The third-order valence-corrected chi connectivity index (χ3v) is 3.75. The highest BCUT2D eigenvalue weighted by Crippen LogP contribution is 2.30. The smallest absolute Gasteiger partial charge is 0.113 e. The van der Waals surface area contributed by atoms with Gasteiger partial charge in [-0.2, -0.15) is 0 Å². The third kappa shape index (κ3) is 1.82. The van der Waals surface area contributed by atoms with Crippen molar-refractivity contribution in [2.24, 2.45) is 5.73 Å². The van der Waals surface area contributed by atoms with Crippen LogP contribution >= 0.6 is 27.3 Å². The van der Waals surface area contributed by atoms with Crippen molar-refractivity contribution in [1.82, 2.24) is 4.98 Å². The van der Waals surface area contributed by atoms with Gasteiger partial charge >= 0.3 is 0 Å². The van der Waals surface area contributed by atoms with E-state index in [1.807, 2.05) is 26.0 Å². The van der Waals surface area contributed by atoms with Crippen molar-refractivity contribution in [2.75, 3.05) is 0 Å². The summed E-state index contributed by atoms with van der Waals surface area (Å²) in [5, 5.41) is 0.977. The van der Waals surface area contributed by atoms with E-state index < -0.39 is 0 Å². The van der Waals surface area contributed by atoms with Crippen LogP contribution in [0.15, 0.2) is 22.7 Å². The summed E-state index contributed by atoms with van der Waals surface area (Å²) in [6.45, 7) is 3.94. The molecule has 2 N–H and O–H groups in total. The molecule has 1 aromatic carbocycles. The lowest BCUT2D eigenvalue weighted by atomic mass is 10.1. The van der Waals surface area contributed by atoms with E-state index in [1.54, 1.807) is 11.3 Å².